The summed E-state index contributed by atoms with van der Waals surface area (Å²) in [6.45, 7) is 7.83. The summed E-state index contributed by atoms with van der Waals surface area (Å²) in [6, 6.07) is 11.4. The molecule has 0 atom stereocenters. The molecule has 0 aromatic heterocycles. The Morgan fingerprint density at radius 1 is 0.897 bits per heavy atom. The average molecular weight is 389 g/mol. The van der Waals surface area contributed by atoms with E-state index in [0.717, 1.165) is 18.8 Å². The minimum absolute atomic E-state index is 0.0523. The highest BCUT2D eigenvalue weighted by molar-refractivity contribution is 5.55. The van der Waals surface area contributed by atoms with Crippen molar-refractivity contribution < 1.29 is 4.74 Å². The molecule has 29 heavy (non-hydrogen) atoms. The van der Waals surface area contributed by atoms with Gasteiger partial charge in [-0.1, -0.05) is 83.2 Å². The molecule has 4 rings (SSSR count). The molecule has 2 aromatic rings. The van der Waals surface area contributed by atoms with E-state index in [9.17, 15) is 0 Å². The van der Waals surface area contributed by atoms with Gasteiger partial charge in [-0.15, -0.1) is 0 Å². The Morgan fingerprint density at radius 3 is 2.55 bits per heavy atom. The van der Waals surface area contributed by atoms with Crippen molar-refractivity contribution in [1.29, 1.82) is 0 Å². The Morgan fingerprint density at radius 2 is 1.69 bits per heavy atom. The van der Waals surface area contributed by atoms with Crippen LogP contribution in [0.2, 0.25) is 0 Å². The zero-order valence-corrected chi connectivity index (χ0v) is 18.5. The summed E-state index contributed by atoms with van der Waals surface area (Å²) < 4.78 is 6.10. The van der Waals surface area contributed by atoms with Crippen LogP contribution in [0.1, 0.15) is 83.3 Å². The fraction of sp³-hybridized carbons (Fsp3) is 0.500. The molecule has 2 aliphatic carbocycles. The topological polar surface area (TPSA) is 9.23 Å². The molecule has 0 amide bonds. The van der Waals surface area contributed by atoms with Gasteiger partial charge in [0.25, 0.3) is 0 Å². The lowest BCUT2D eigenvalue weighted by Crippen LogP contribution is -2.29. The first kappa shape index (κ1) is 20.3. The minimum atomic E-state index is 0.0523. The van der Waals surface area contributed by atoms with Crippen LogP contribution in [0.5, 0.6) is 5.75 Å². The number of ether oxygens (including phenoxy) is 1. The van der Waals surface area contributed by atoms with Crippen molar-refractivity contribution in [3.8, 4) is 5.75 Å². The monoisotopic (exact) mass is 388 g/mol. The summed E-state index contributed by atoms with van der Waals surface area (Å²) in [5, 5.41) is 5.56. The Labute approximate surface area is 175 Å². The standard InChI is InChI=1S/C28H36O/c1-4-5-6-7-8-11-18-29-23-15-17-24-22(19-23)20-28(2,3)27-25-13-10-9-12-21(25)14-16-26(24)27/h12,14-17,19-20H,4-11,13,18H2,1-3H3. The first-order valence-corrected chi connectivity index (χ1v) is 11.7. The number of hydrogen-bond donors (Lipinski definition) is 0. The van der Waals surface area contributed by atoms with Crippen molar-refractivity contribution in [3.63, 3.8) is 0 Å². The fourth-order valence-electron chi connectivity index (χ4n) is 5.15. The van der Waals surface area contributed by atoms with E-state index >= 15 is 0 Å². The van der Waals surface area contributed by atoms with Crippen LogP contribution >= 0.6 is 0 Å². The molecule has 0 heterocycles. The van der Waals surface area contributed by atoms with E-state index < -0.39 is 0 Å². The maximum Gasteiger partial charge on any atom is 0.119 e. The normalized spacial score (nSPS) is 16.1. The Bertz CT molecular complexity index is 1070. The van der Waals surface area contributed by atoms with Crippen LogP contribution in [-0.4, -0.2) is 6.61 Å². The lowest BCUT2D eigenvalue weighted by atomic mass is 9.75. The summed E-state index contributed by atoms with van der Waals surface area (Å²) in [5.41, 5.74) is 3.17. The number of rotatable bonds is 8. The largest absolute Gasteiger partial charge is 0.494 e. The van der Waals surface area contributed by atoms with Crippen molar-refractivity contribution in [2.75, 3.05) is 6.61 Å². The van der Waals surface area contributed by atoms with Crippen LogP contribution < -0.4 is 15.2 Å². The Hall–Kier alpha value is -2.02. The molecule has 0 bridgehead atoms. The average Bonchev–Trinajstić information content (AvgIpc) is 2.72. The molecule has 1 heteroatoms. The second kappa shape index (κ2) is 8.78. The predicted octanol–water partition coefficient (Wildman–Crippen LogP) is 5.90. The van der Waals surface area contributed by atoms with E-state index in [0.29, 0.717) is 0 Å². The van der Waals surface area contributed by atoms with E-state index in [2.05, 4.69) is 63.3 Å². The zero-order chi connectivity index (χ0) is 20.3. The van der Waals surface area contributed by atoms with E-state index in [1.165, 1.54) is 72.2 Å². The van der Waals surface area contributed by atoms with Gasteiger partial charge in [0.15, 0.2) is 0 Å². The van der Waals surface area contributed by atoms with E-state index in [-0.39, 0.29) is 5.41 Å². The molecule has 0 saturated heterocycles. The third-order valence-electron chi connectivity index (χ3n) is 6.58. The van der Waals surface area contributed by atoms with Crippen LogP contribution in [0.3, 0.4) is 0 Å². The molecule has 1 nitrogen and oxygen atoms in total. The van der Waals surface area contributed by atoms with Gasteiger partial charge in [-0.25, -0.2) is 0 Å². The van der Waals surface area contributed by atoms with E-state index in [1.807, 2.05) is 0 Å². The highest BCUT2D eigenvalue weighted by Crippen LogP contribution is 2.32. The summed E-state index contributed by atoms with van der Waals surface area (Å²) in [5.74, 6) is 1.01. The SMILES string of the molecule is CCCCCCCCOc1ccc2c(c1)=CC(C)(C)c1c3c(ccc1=2)=CCCC3. The highest BCUT2D eigenvalue weighted by atomic mass is 16.5. The second-order valence-corrected chi connectivity index (χ2v) is 9.38. The molecule has 154 valence electrons. The molecule has 0 radical (unpaired) electrons. The lowest BCUT2D eigenvalue weighted by molar-refractivity contribution is 0.304. The Balaban J connectivity index is 1.61. The maximum absolute atomic E-state index is 6.10. The lowest BCUT2D eigenvalue weighted by Gasteiger charge is -2.29. The van der Waals surface area contributed by atoms with Gasteiger partial charge in [0.05, 0.1) is 6.61 Å². The molecule has 0 N–H and O–H groups in total. The van der Waals surface area contributed by atoms with Gasteiger partial charge in [-0.05, 0) is 69.8 Å². The number of benzene rings is 2. The summed E-state index contributed by atoms with van der Waals surface area (Å²) >= 11 is 0. The third kappa shape index (κ3) is 4.29. The van der Waals surface area contributed by atoms with Crippen molar-refractivity contribution in [2.24, 2.45) is 0 Å². The van der Waals surface area contributed by atoms with Crippen LogP contribution in [-0.2, 0) is 11.8 Å². The first-order valence-electron chi connectivity index (χ1n) is 11.7. The number of unbranched alkanes of at least 4 members (excludes halogenated alkanes) is 5. The van der Waals surface area contributed by atoms with Gasteiger partial charge >= 0.3 is 0 Å². The summed E-state index contributed by atoms with van der Waals surface area (Å²) in [6.07, 6.45) is 16.4. The molecular weight excluding hydrogens is 352 g/mol. The fourth-order valence-corrected chi connectivity index (χ4v) is 5.15. The third-order valence-corrected chi connectivity index (χ3v) is 6.58. The molecule has 0 unspecified atom stereocenters. The number of hydrogen-bond acceptors (Lipinski definition) is 1. The van der Waals surface area contributed by atoms with E-state index in [1.54, 1.807) is 11.1 Å². The van der Waals surface area contributed by atoms with Gasteiger partial charge in [0.1, 0.15) is 5.75 Å². The minimum Gasteiger partial charge on any atom is -0.494 e. The van der Waals surface area contributed by atoms with Crippen LogP contribution in [0.15, 0.2) is 30.3 Å². The summed E-state index contributed by atoms with van der Waals surface area (Å²) in [4.78, 5) is 0. The number of fused-ring (bicyclic) bond motifs is 4. The smallest absolute Gasteiger partial charge is 0.119 e. The van der Waals surface area contributed by atoms with Crippen LogP contribution in [0.25, 0.3) is 12.2 Å². The highest BCUT2D eigenvalue weighted by Gasteiger charge is 2.26. The van der Waals surface area contributed by atoms with Crippen molar-refractivity contribution in [3.05, 3.63) is 62.3 Å². The molecule has 0 aliphatic heterocycles. The second-order valence-electron chi connectivity index (χ2n) is 9.38. The van der Waals surface area contributed by atoms with Crippen LogP contribution in [0, 0.1) is 10.4 Å². The maximum atomic E-state index is 6.10. The quantitative estimate of drug-likeness (QED) is 0.512. The van der Waals surface area contributed by atoms with Gasteiger partial charge in [0, 0.05) is 5.41 Å². The van der Waals surface area contributed by atoms with Crippen molar-refractivity contribution in [2.45, 2.75) is 84.0 Å². The van der Waals surface area contributed by atoms with Crippen molar-refractivity contribution in [1.82, 2.24) is 0 Å². The van der Waals surface area contributed by atoms with Crippen LogP contribution in [0.4, 0.5) is 0 Å². The molecule has 2 aromatic carbocycles. The van der Waals surface area contributed by atoms with Crippen molar-refractivity contribution >= 4 is 12.2 Å². The zero-order valence-electron chi connectivity index (χ0n) is 18.5. The Kier molecular flexibility index (Phi) is 6.13. The summed E-state index contributed by atoms with van der Waals surface area (Å²) in [7, 11) is 0. The van der Waals surface area contributed by atoms with Gasteiger partial charge in [-0.2, -0.15) is 0 Å². The van der Waals surface area contributed by atoms with Gasteiger partial charge in [-0.3, -0.25) is 0 Å². The molecule has 2 aliphatic rings. The molecule has 0 saturated carbocycles. The van der Waals surface area contributed by atoms with Gasteiger partial charge in [0.2, 0.25) is 0 Å². The van der Waals surface area contributed by atoms with Gasteiger partial charge < -0.3 is 4.74 Å². The molecular formula is C28H36O. The molecule has 0 spiro atoms. The predicted molar refractivity (Wildman–Crippen MR) is 124 cm³/mol. The first-order chi connectivity index (χ1) is 14.1. The molecule has 0 fully saturated rings. The van der Waals surface area contributed by atoms with E-state index in [4.69, 9.17) is 4.74 Å².